The van der Waals surface area contributed by atoms with Crippen LogP contribution < -0.4 is 0 Å². The molecule has 5 heteroatoms. The SMILES string of the molecule is CCO[C@@H]1C[C@H](c2ccccc2)C=C(/C=C/c2ccccc2)N1S(=O)(=O)c1ccccc1. The van der Waals surface area contributed by atoms with E-state index in [4.69, 9.17) is 4.74 Å². The average Bonchev–Trinajstić information content (AvgIpc) is 2.84. The van der Waals surface area contributed by atoms with Crippen molar-refractivity contribution in [1.82, 2.24) is 4.31 Å². The number of allylic oxidation sites excluding steroid dienone is 2. The summed E-state index contributed by atoms with van der Waals surface area (Å²) >= 11 is 0. The predicted molar refractivity (Wildman–Crippen MR) is 128 cm³/mol. The van der Waals surface area contributed by atoms with Gasteiger partial charge in [0.1, 0.15) is 6.23 Å². The standard InChI is InChI=1S/C27H27NO3S/c1-2-31-27-21-24(23-14-8-4-9-15-23)20-25(19-18-22-12-6-3-7-13-22)28(27)32(29,30)26-16-10-5-11-17-26/h3-20,24,27H,2,21H2,1H3/b19-18+/t24-,27-/m1/s1. The maximum atomic E-state index is 13.7. The number of sulfonamides is 1. The molecule has 1 aliphatic heterocycles. The first kappa shape index (κ1) is 22.1. The number of nitrogens with zero attached hydrogens (tertiary/aromatic N) is 1. The highest BCUT2D eigenvalue weighted by Crippen LogP contribution is 2.37. The van der Waals surface area contributed by atoms with Gasteiger partial charge in [-0.1, -0.05) is 91.0 Å². The lowest BCUT2D eigenvalue weighted by Crippen LogP contribution is -2.44. The lowest BCUT2D eigenvalue weighted by molar-refractivity contribution is -0.0115. The van der Waals surface area contributed by atoms with Gasteiger partial charge in [0.15, 0.2) is 0 Å². The largest absolute Gasteiger partial charge is 0.358 e. The Kier molecular flexibility index (Phi) is 6.88. The molecule has 0 radical (unpaired) electrons. The van der Waals surface area contributed by atoms with Crippen LogP contribution >= 0.6 is 0 Å². The molecule has 4 nitrogen and oxygen atoms in total. The van der Waals surface area contributed by atoms with E-state index in [0.29, 0.717) is 18.7 Å². The van der Waals surface area contributed by atoms with Crippen LogP contribution in [-0.2, 0) is 14.8 Å². The number of benzene rings is 3. The van der Waals surface area contributed by atoms with Gasteiger partial charge in [-0.3, -0.25) is 0 Å². The van der Waals surface area contributed by atoms with Crippen molar-refractivity contribution in [3.8, 4) is 0 Å². The third kappa shape index (κ3) is 4.85. The highest BCUT2D eigenvalue weighted by molar-refractivity contribution is 7.89. The summed E-state index contributed by atoms with van der Waals surface area (Å²) in [7, 11) is -3.80. The minimum absolute atomic E-state index is 0.0467. The molecule has 164 valence electrons. The minimum Gasteiger partial charge on any atom is -0.358 e. The molecule has 0 N–H and O–H groups in total. The highest BCUT2D eigenvalue weighted by Gasteiger charge is 2.38. The van der Waals surface area contributed by atoms with Crippen LogP contribution in [-0.4, -0.2) is 25.6 Å². The summed E-state index contributed by atoms with van der Waals surface area (Å²) in [5.74, 6) is 0.0467. The first-order valence-electron chi connectivity index (χ1n) is 10.8. The molecule has 1 heterocycles. The van der Waals surface area contributed by atoms with Gasteiger partial charge in [-0.2, -0.15) is 0 Å². The molecule has 0 amide bonds. The molecule has 1 aliphatic rings. The van der Waals surface area contributed by atoms with Crippen LogP contribution in [0.3, 0.4) is 0 Å². The molecule has 3 aromatic rings. The van der Waals surface area contributed by atoms with Crippen LogP contribution in [0.1, 0.15) is 30.4 Å². The monoisotopic (exact) mass is 445 g/mol. The van der Waals surface area contributed by atoms with Crippen LogP contribution in [0, 0.1) is 0 Å². The molecule has 0 aliphatic carbocycles. The fourth-order valence-electron chi connectivity index (χ4n) is 3.96. The average molecular weight is 446 g/mol. The van der Waals surface area contributed by atoms with Crippen molar-refractivity contribution in [2.24, 2.45) is 0 Å². The lowest BCUT2D eigenvalue weighted by Gasteiger charge is -2.38. The number of hydrogen-bond donors (Lipinski definition) is 0. The first-order chi connectivity index (χ1) is 15.6. The van der Waals surface area contributed by atoms with Gasteiger partial charge in [0.05, 0.1) is 10.6 Å². The smallest absolute Gasteiger partial charge is 0.266 e. The third-order valence-corrected chi connectivity index (χ3v) is 7.31. The summed E-state index contributed by atoms with van der Waals surface area (Å²) in [4.78, 5) is 0.252. The van der Waals surface area contributed by atoms with E-state index in [0.717, 1.165) is 11.1 Å². The summed E-state index contributed by atoms with van der Waals surface area (Å²) < 4.78 is 34.9. The lowest BCUT2D eigenvalue weighted by atomic mass is 9.91. The molecule has 3 aromatic carbocycles. The van der Waals surface area contributed by atoms with Crippen molar-refractivity contribution in [2.75, 3.05) is 6.61 Å². The van der Waals surface area contributed by atoms with Crippen LogP contribution in [0.4, 0.5) is 0 Å². The number of rotatable bonds is 7. The molecule has 0 unspecified atom stereocenters. The molecule has 0 aromatic heterocycles. The molecule has 0 saturated heterocycles. The van der Waals surface area contributed by atoms with E-state index in [1.165, 1.54) is 4.31 Å². The molecule has 0 bridgehead atoms. The topological polar surface area (TPSA) is 46.6 Å². The fraction of sp³-hybridized carbons (Fsp3) is 0.185. The maximum absolute atomic E-state index is 13.7. The zero-order chi connectivity index (χ0) is 22.4. The Morgan fingerprint density at radius 1 is 0.875 bits per heavy atom. The Hall–Kier alpha value is -3.15. The summed E-state index contributed by atoms with van der Waals surface area (Å²) in [6.07, 6.45) is 5.79. The Balaban J connectivity index is 1.82. The van der Waals surface area contributed by atoms with E-state index in [1.54, 1.807) is 24.3 Å². The zero-order valence-electron chi connectivity index (χ0n) is 18.0. The quantitative estimate of drug-likeness (QED) is 0.460. The Labute approximate surface area is 190 Å². The van der Waals surface area contributed by atoms with Crippen molar-refractivity contribution in [2.45, 2.75) is 30.4 Å². The maximum Gasteiger partial charge on any atom is 0.266 e. The minimum atomic E-state index is -3.80. The molecular formula is C27H27NO3S. The van der Waals surface area contributed by atoms with Crippen LogP contribution in [0.5, 0.6) is 0 Å². The van der Waals surface area contributed by atoms with Gasteiger partial charge < -0.3 is 4.74 Å². The first-order valence-corrected chi connectivity index (χ1v) is 12.2. The van der Waals surface area contributed by atoms with E-state index < -0.39 is 16.3 Å². The van der Waals surface area contributed by atoms with Crippen LogP contribution in [0.2, 0.25) is 0 Å². The normalized spacial score (nSPS) is 19.2. The van der Waals surface area contributed by atoms with Crippen molar-refractivity contribution >= 4 is 16.1 Å². The predicted octanol–water partition coefficient (Wildman–Crippen LogP) is 5.82. The van der Waals surface area contributed by atoms with Gasteiger partial charge in [0.25, 0.3) is 10.0 Å². The van der Waals surface area contributed by atoms with Gasteiger partial charge in [0.2, 0.25) is 0 Å². The van der Waals surface area contributed by atoms with E-state index >= 15 is 0 Å². The van der Waals surface area contributed by atoms with Gasteiger partial charge in [-0.05, 0) is 36.3 Å². The highest BCUT2D eigenvalue weighted by atomic mass is 32.2. The van der Waals surface area contributed by atoms with E-state index in [-0.39, 0.29) is 10.8 Å². The van der Waals surface area contributed by atoms with Crippen molar-refractivity contribution < 1.29 is 13.2 Å². The van der Waals surface area contributed by atoms with Crippen molar-refractivity contribution in [3.63, 3.8) is 0 Å². The molecule has 0 spiro atoms. The number of hydrogen-bond acceptors (Lipinski definition) is 3. The summed E-state index contributed by atoms with van der Waals surface area (Å²) in [6, 6.07) is 28.5. The van der Waals surface area contributed by atoms with Crippen molar-refractivity contribution in [3.05, 3.63) is 120 Å². The van der Waals surface area contributed by atoms with E-state index in [1.807, 2.05) is 79.7 Å². The molecular weight excluding hydrogens is 418 g/mol. The van der Waals surface area contributed by atoms with Gasteiger partial charge >= 0.3 is 0 Å². The second-order valence-electron chi connectivity index (χ2n) is 7.61. The summed E-state index contributed by atoms with van der Waals surface area (Å²) in [5.41, 5.74) is 2.75. The zero-order valence-corrected chi connectivity index (χ0v) is 18.9. The molecule has 2 atom stereocenters. The molecule has 4 rings (SSSR count). The van der Waals surface area contributed by atoms with Gasteiger partial charge in [0, 0.05) is 18.9 Å². The second kappa shape index (κ2) is 9.98. The Morgan fingerprint density at radius 2 is 1.47 bits per heavy atom. The van der Waals surface area contributed by atoms with Crippen molar-refractivity contribution in [1.29, 1.82) is 0 Å². The third-order valence-electron chi connectivity index (χ3n) is 5.48. The summed E-state index contributed by atoms with van der Waals surface area (Å²) in [6.45, 7) is 2.31. The van der Waals surface area contributed by atoms with E-state index in [2.05, 4.69) is 12.1 Å². The van der Waals surface area contributed by atoms with Gasteiger partial charge in [-0.25, -0.2) is 12.7 Å². The van der Waals surface area contributed by atoms with Gasteiger partial charge in [-0.15, -0.1) is 0 Å². The van der Waals surface area contributed by atoms with E-state index in [9.17, 15) is 8.42 Å². The molecule has 0 saturated carbocycles. The summed E-state index contributed by atoms with van der Waals surface area (Å²) in [5, 5.41) is 0. The number of ether oxygens (including phenoxy) is 1. The van der Waals surface area contributed by atoms with Crippen LogP contribution in [0.15, 0.2) is 114 Å². The molecule has 0 fully saturated rings. The Morgan fingerprint density at radius 3 is 2.09 bits per heavy atom. The van der Waals surface area contributed by atoms with Crippen LogP contribution in [0.25, 0.3) is 6.08 Å². The fourth-order valence-corrected chi connectivity index (χ4v) is 5.55. The molecule has 32 heavy (non-hydrogen) atoms. The Bertz CT molecular complexity index is 1170. The second-order valence-corrected chi connectivity index (χ2v) is 9.43.